The summed E-state index contributed by atoms with van der Waals surface area (Å²) in [6.07, 6.45) is 0. The fourth-order valence-electron chi connectivity index (χ4n) is 2.88. The average molecular weight is 468 g/mol. The highest BCUT2D eigenvalue weighted by Gasteiger charge is 2.19. The summed E-state index contributed by atoms with van der Waals surface area (Å²) in [6, 6.07) is 22.5. The molecule has 0 unspecified atom stereocenters. The quantitative estimate of drug-likeness (QED) is 0.406. The Hall–Kier alpha value is -2.96. The molecule has 0 bridgehead atoms. The second-order valence-corrected chi connectivity index (χ2v) is 7.78. The number of carbonyl (C=O) groups is 1. The molecule has 1 heterocycles. The van der Waals surface area contributed by atoms with Crippen molar-refractivity contribution in [2.45, 2.75) is 6.92 Å². The first-order valence-corrected chi connectivity index (χ1v) is 10.0. The number of hydrogen-bond donors (Lipinski definition) is 1. The van der Waals surface area contributed by atoms with Gasteiger partial charge < -0.3 is 5.32 Å². The van der Waals surface area contributed by atoms with Crippen LogP contribution in [0.2, 0.25) is 5.02 Å². The van der Waals surface area contributed by atoms with E-state index in [1.165, 1.54) is 0 Å². The van der Waals surface area contributed by atoms with Gasteiger partial charge in [-0.15, -0.1) is 5.10 Å². The molecule has 0 aliphatic heterocycles. The Morgan fingerprint density at radius 1 is 1.00 bits per heavy atom. The van der Waals surface area contributed by atoms with Crippen molar-refractivity contribution >= 4 is 39.1 Å². The van der Waals surface area contributed by atoms with Crippen LogP contribution in [0.15, 0.2) is 77.3 Å². The molecule has 1 amide bonds. The number of anilines is 1. The first-order valence-electron chi connectivity index (χ1n) is 8.87. The van der Waals surface area contributed by atoms with E-state index in [0.717, 1.165) is 21.3 Å². The van der Waals surface area contributed by atoms with E-state index in [9.17, 15) is 4.79 Å². The summed E-state index contributed by atoms with van der Waals surface area (Å²) in [6.45, 7) is 2.00. The number of benzene rings is 3. The maximum absolute atomic E-state index is 12.8. The van der Waals surface area contributed by atoms with Crippen molar-refractivity contribution in [3.63, 3.8) is 0 Å². The summed E-state index contributed by atoms with van der Waals surface area (Å²) < 4.78 is 2.67. The lowest BCUT2D eigenvalue weighted by Crippen LogP contribution is -2.14. The number of aromatic nitrogens is 3. The Morgan fingerprint density at radius 3 is 2.38 bits per heavy atom. The summed E-state index contributed by atoms with van der Waals surface area (Å²) >= 11 is 9.35. The number of amides is 1. The normalized spacial score (nSPS) is 10.7. The highest BCUT2D eigenvalue weighted by Crippen LogP contribution is 2.25. The highest BCUT2D eigenvalue weighted by atomic mass is 79.9. The summed E-state index contributed by atoms with van der Waals surface area (Å²) in [5.41, 5.74) is 3.37. The third-order valence-electron chi connectivity index (χ3n) is 4.36. The number of nitrogens with one attached hydrogen (secondary N) is 1. The van der Waals surface area contributed by atoms with Gasteiger partial charge in [0.1, 0.15) is 0 Å². The van der Waals surface area contributed by atoms with Gasteiger partial charge in [-0.25, -0.2) is 9.67 Å². The molecule has 29 heavy (non-hydrogen) atoms. The molecule has 1 aromatic heterocycles. The maximum Gasteiger partial charge on any atom is 0.295 e. The van der Waals surface area contributed by atoms with Crippen LogP contribution < -0.4 is 5.32 Å². The molecule has 0 atom stereocenters. The molecule has 0 aliphatic carbocycles. The number of nitrogens with zero attached hydrogens (tertiary/aromatic N) is 3. The zero-order valence-corrected chi connectivity index (χ0v) is 17.8. The van der Waals surface area contributed by atoms with E-state index in [4.69, 9.17) is 11.6 Å². The van der Waals surface area contributed by atoms with Crippen LogP contribution in [-0.2, 0) is 0 Å². The van der Waals surface area contributed by atoms with Gasteiger partial charge in [0.2, 0.25) is 5.82 Å². The molecule has 4 aromatic rings. The first-order chi connectivity index (χ1) is 14.0. The van der Waals surface area contributed by atoms with E-state index in [-0.39, 0.29) is 5.82 Å². The lowest BCUT2D eigenvalue weighted by Gasteiger charge is -2.08. The van der Waals surface area contributed by atoms with Gasteiger partial charge in [0, 0.05) is 20.7 Å². The van der Waals surface area contributed by atoms with Crippen LogP contribution in [0.1, 0.15) is 16.2 Å². The van der Waals surface area contributed by atoms with Crippen molar-refractivity contribution in [1.82, 2.24) is 14.8 Å². The van der Waals surface area contributed by atoms with Crippen molar-refractivity contribution in [3.8, 4) is 17.1 Å². The number of halogens is 2. The van der Waals surface area contributed by atoms with E-state index >= 15 is 0 Å². The van der Waals surface area contributed by atoms with Gasteiger partial charge in [-0.1, -0.05) is 57.9 Å². The topological polar surface area (TPSA) is 59.8 Å². The van der Waals surface area contributed by atoms with Gasteiger partial charge in [0.05, 0.1) is 5.69 Å². The second kappa shape index (κ2) is 8.19. The van der Waals surface area contributed by atoms with Crippen LogP contribution in [0.25, 0.3) is 17.1 Å². The first kappa shape index (κ1) is 19.4. The molecular formula is C22H16BrClN4O. The molecule has 0 radical (unpaired) electrons. The zero-order valence-electron chi connectivity index (χ0n) is 15.4. The molecule has 0 aliphatic rings. The van der Waals surface area contributed by atoms with E-state index in [1.54, 1.807) is 28.9 Å². The van der Waals surface area contributed by atoms with Gasteiger partial charge in [-0.3, -0.25) is 4.79 Å². The number of para-hydroxylation sites is 1. The zero-order chi connectivity index (χ0) is 20.4. The summed E-state index contributed by atoms with van der Waals surface area (Å²) in [4.78, 5) is 17.3. The molecule has 3 aromatic carbocycles. The fourth-order valence-corrected chi connectivity index (χ4v) is 3.27. The summed E-state index contributed by atoms with van der Waals surface area (Å²) in [5.74, 6) is 0.284. The van der Waals surface area contributed by atoms with Gasteiger partial charge in [-0.05, 0) is 55.0 Å². The van der Waals surface area contributed by atoms with Crippen molar-refractivity contribution in [2.24, 2.45) is 0 Å². The predicted molar refractivity (Wildman–Crippen MR) is 119 cm³/mol. The van der Waals surface area contributed by atoms with Crippen molar-refractivity contribution in [2.75, 3.05) is 5.32 Å². The minimum atomic E-state index is -0.391. The van der Waals surface area contributed by atoms with Crippen LogP contribution in [0.3, 0.4) is 0 Å². The number of aryl methyl sites for hydroxylation is 1. The van der Waals surface area contributed by atoms with E-state index < -0.39 is 5.91 Å². The smallest absolute Gasteiger partial charge is 0.295 e. The van der Waals surface area contributed by atoms with Crippen LogP contribution in [0.5, 0.6) is 0 Å². The van der Waals surface area contributed by atoms with E-state index in [0.29, 0.717) is 16.5 Å². The SMILES string of the molecule is Cc1ccccc1-n1nc(C(=O)Nc2ccc(Cl)cc2)nc1-c1ccc(Br)cc1. The number of hydrogen-bond acceptors (Lipinski definition) is 3. The maximum atomic E-state index is 12.8. The fraction of sp³-hybridized carbons (Fsp3) is 0.0455. The number of rotatable bonds is 4. The molecular weight excluding hydrogens is 452 g/mol. The molecule has 5 nitrogen and oxygen atoms in total. The van der Waals surface area contributed by atoms with Gasteiger partial charge in [0.25, 0.3) is 5.91 Å². The standard InChI is InChI=1S/C22H16BrClN4O/c1-14-4-2-3-5-19(14)28-21(15-6-8-16(23)9-7-15)26-20(27-28)22(29)25-18-12-10-17(24)11-13-18/h2-13H,1H3,(H,25,29). The molecule has 4 rings (SSSR count). The van der Waals surface area contributed by atoms with Crippen LogP contribution in [-0.4, -0.2) is 20.7 Å². The van der Waals surface area contributed by atoms with Gasteiger partial charge in [-0.2, -0.15) is 0 Å². The van der Waals surface area contributed by atoms with Crippen molar-refractivity contribution in [1.29, 1.82) is 0 Å². The minimum Gasteiger partial charge on any atom is -0.319 e. The highest BCUT2D eigenvalue weighted by molar-refractivity contribution is 9.10. The largest absolute Gasteiger partial charge is 0.319 e. The third-order valence-corrected chi connectivity index (χ3v) is 5.14. The summed E-state index contributed by atoms with van der Waals surface area (Å²) in [7, 11) is 0. The Labute approximate surface area is 181 Å². The molecule has 0 saturated carbocycles. The summed E-state index contributed by atoms with van der Waals surface area (Å²) in [5, 5.41) is 7.92. The second-order valence-electron chi connectivity index (χ2n) is 6.43. The monoisotopic (exact) mass is 466 g/mol. The lowest BCUT2D eigenvalue weighted by molar-refractivity contribution is 0.101. The lowest BCUT2D eigenvalue weighted by atomic mass is 10.2. The molecule has 144 valence electrons. The third kappa shape index (κ3) is 4.23. The van der Waals surface area contributed by atoms with Gasteiger partial charge in [0.15, 0.2) is 5.82 Å². The van der Waals surface area contributed by atoms with Gasteiger partial charge >= 0.3 is 0 Å². The average Bonchev–Trinajstić information content (AvgIpc) is 3.16. The minimum absolute atomic E-state index is 0.0844. The van der Waals surface area contributed by atoms with Crippen LogP contribution in [0.4, 0.5) is 5.69 Å². The van der Waals surface area contributed by atoms with Crippen LogP contribution >= 0.6 is 27.5 Å². The van der Waals surface area contributed by atoms with E-state index in [2.05, 4.69) is 31.3 Å². The molecule has 1 N–H and O–H groups in total. The molecule has 0 spiro atoms. The Morgan fingerprint density at radius 2 is 1.69 bits per heavy atom. The van der Waals surface area contributed by atoms with Crippen molar-refractivity contribution in [3.05, 3.63) is 93.7 Å². The molecule has 7 heteroatoms. The molecule has 0 saturated heterocycles. The van der Waals surface area contributed by atoms with Crippen LogP contribution in [0, 0.1) is 6.92 Å². The van der Waals surface area contributed by atoms with E-state index in [1.807, 2.05) is 55.5 Å². The Balaban J connectivity index is 1.76. The Kier molecular flexibility index (Phi) is 5.47. The molecule has 0 fully saturated rings. The predicted octanol–water partition coefficient (Wildman–Crippen LogP) is 5.91. The Bertz CT molecular complexity index is 1170. The van der Waals surface area contributed by atoms with Crippen molar-refractivity contribution < 1.29 is 4.79 Å². The number of carbonyl (C=O) groups excluding carboxylic acids is 1.